The van der Waals surface area contributed by atoms with Crippen LogP contribution in [0.2, 0.25) is 27.3 Å². The lowest BCUT2D eigenvalue weighted by Gasteiger charge is -1.72. The monoisotopic (exact) mass is 171 g/mol. The third kappa shape index (κ3) is 34.5. The summed E-state index contributed by atoms with van der Waals surface area (Å²) < 4.78 is 0. The minimum Gasteiger partial charge on any atom is -0.0937 e. The van der Waals surface area contributed by atoms with Gasteiger partial charge in [-0.15, -0.1) is 0 Å². The molecule has 67 valence electrons. The highest BCUT2D eigenvalue weighted by Gasteiger charge is 1.75. The molecule has 1 aromatic rings. The molecule has 0 aliphatic carbocycles. The molecular weight excluding hydrogens is 153 g/mol. The van der Waals surface area contributed by atoms with Crippen molar-refractivity contribution in [3.63, 3.8) is 0 Å². The van der Waals surface area contributed by atoms with E-state index in [1.165, 1.54) is 0 Å². The Balaban J connectivity index is 0. The SMILES string of the molecule is C[B]C.[B]B(C)C.c1ccccc1. The van der Waals surface area contributed by atoms with Gasteiger partial charge in [-0.05, 0) is 0 Å². The second-order valence-electron chi connectivity index (χ2n) is 2.98. The van der Waals surface area contributed by atoms with E-state index >= 15 is 0 Å². The van der Waals surface area contributed by atoms with E-state index in [0.29, 0.717) is 6.60 Å². The van der Waals surface area contributed by atoms with Gasteiger partial charge in [0.25, 0.3) is 0 Å². The Morgan fingerprint density at radius 1 is 0.846 bits per heavy atom. The van der Waals surface area contributed by atoms with Crippen molar-refractivity contribution in [2.45, 2.75) is 27.3 Å². The van der Waals surface area contributed by atoms with Crippen molar-refractivity contribution in [3.8, 4) is 0 Å². The molecule has 0 fully saturated rings. The maximum Gasteiger partial charge on any atom is 0.102 e. The van der Waals surface area contributed by atoms with E-state index in [1.54, 1.807) is 0 Å². The molecule has 0 aliphatic heterocycles. The lowest BCUT2D eigenvalue weighted by atomic mass is 9.37. The van der Waals surface area contributed by atoms with Crippen LogP contribution in [-0.4, -0.2) is 21.6 Å². The predicted octanol–water partition coefficient (Wildman–Crippen LogP) is 2.88. The van der Waals surface area contributed by atoms with E-state index < -0.39 is 0 Å². The van der Waals surface area contributed by atoms with E-state index in [2.05, 4.69) is 0 Å². The Hall–Kier alpha value is -0.585. The molecule has 0 aliphatic rings. The molecular formula is C10H18B3. The van der Waals surface area contributed by atoms with Crippen molar-refractivity contribution in [2.24, 2.45) is 0 Å². The van der Waals surface area contributed by atoms with Crippen LogP contribution in [0.5, 0.6) is 0 Å². The van der Waals surface area contributed by atoms with Gasteiger partial charge < -0.3 is 0 Å². The first-order valence-electron chi connectivity index (χ1n) is 4.64. The standard InChI is InChI=1S/C6H6.C2H6B2.C2H6B/c1-2-4-6-5-3-1;1-4(2)3;1-3-2/h1-6H;1-2H3;1-2H3. The van der Waals surface area contributed by atoms with Crippen LogP contribution in [0.1, 0.15) is 0 Å². The normalized spacial score (nSPS) is 6.77. The summed E-state index contributed by atoms with van der Waals surface area (Å²) in [6, 6.07) is 12.0. The van der Waals surface area contributed by atoms with Crippen molar-refractivity contribution >= 4 is 21.6 Å². The molecule has 0 aromatic heterocycles. The van der Waals surface area contributed by atoms with Gasteiger partial charge in [0.05, 0.1) is 6.60 Å². The van der Waals surface area contributed by atoms with Crippen molar-refractivity contribution in [2.75, 3.05) is 0 Å². The summed E-state index contributed by atoms with van der Waals surface area (Å²) in [5.74, 6) is 0. The maximum absolute atomic E-state index is 5.11. The van der Waals surface area contributed by atoms with Crippen LogP contribution in [0.25, 0.3) is 0 Å². The second-order valence-corrected chi connectivity index (χ2v) is 2.98. The van der Waals surface area contributed by atoms with Gasteiger partial charge in [-0.2, -0.15) is 0 Å². The van der Waals surface area contributed by atoms with E-state index in [4.69, 9.17) is 7.74 Å². The van der Waals surface area contributed by atoms with Crippen LogP contribution in [0.3, 0.4) is 0 Å². The molecule has 0 bridgehead atoms. The number of hydrogen-bond donors (Lipinski definition) is 0. The smallest absolute Gasteiger partial charge is 0.0937 e. The molecule has 0 saturated carbocycles. The molecule has 1 aromatic carbocycles. The Labute approximate surface area is 85.8 Å². The van der Waals surface area contributed by atoms with Crippen LogP contribution < -0.4 is 0 Å². The second kappa shape index (κ2) is 14.0. The van der Waals surface area contributed by atoms with Crippen LogP contribution in [-0.2, 0) is 0 Å². The lowest BCUT2D eigenvalue weighted by Crippen LogP contribution is -1.94. The molecule has 1 rings (SSSR count). The van der Waals surface area contributed by atoms with Crippen LogP contribution in [0.4, 0.5) is 0 Å². The molecule has 0 amide bonds. The number of hydrogen-bond acceptors (Lipinski definition) is 0. The summed E-state index contributed by atoms with van der Waals surface area (Å²) in [5.41, 5.74) is 0. The summed E-state index contributed by atoms with van der Waals surface area (Å²) in [4.78, 5) is 0. The Bertz CT molecular complexity index is 122. The first-order chi connectivity index (χ1) is 6.15. The molecule has 0 atom stereocenters. The van der Waals surface area contributed by atoms with E-state index in [-0.39, 0.29) is 0 Å². The molecule has 13 heavy (non-hydrogen) atoms. The van der Waals surface area contributed by atoms with Gasteiger partial charge in [-0.3, -0.25) is 0 Å². The summed E-state index contributed by atoms with van der Waals surface area (Å²) in [6.07, 6.45) is 0. The quantitative estimate of drug-likeness (QED) is 0.526. The number of rotatable bonds is 0. The fraction of sp³-hybridized carbons (Fsp3) is 0.400. The van der Waals surface area contributed by atoms with E-state index in [1.807, 2.05) is 71.0 Å². The summed E-state index contributed by atoms with van der Waals surface area (Å²) in [7, 11) is 7.11. The first-order valence-corrected chi connectivity index (χ1v) is 4.64. The molecule has 0 saturated heterocycles. The van der Waals surface area contributed by atoms with Crippen molar-refractivity contribution in [1.82, 2.24) is 0 Å². The van der Waals surface area contributed by atoms with Gasteiger partial charge in [0.2, 0.25) is 0 Å². The third-order valence-electron chi connectivity index (χ3n) is 0.667. The fourth-order valence-corrected chi connectivity index (χ4v) is 0.385. The van der Waals surface area contributed by atoms with E-state index in [0.717, 1.165) is 0 Å². The van der Waals surface area contributed by atoms with Gasteiger partial charge in [0, 0.05) is 7.74 Å². The van der Waals surface area contributed by atoms with Gasteiger partial charge in [0.15, 0.2) is 0 Å². The third-order valence-corrected chi connectivity index (χ3v) is 0.667. The molecule has 3 heteroatoms. The Kier molecular flexibility index (Phi) is 16.0. The highest BCUT2D eigenvalue weighted by molar-refractivity contribution is 7.01. The average Bonchev–Trinajstić information content (AvgIpc) is 2.08. The fourth-order valence-electron chi connectivity index (χ4n) is 0.385. The highest BCUT2D eigenvalue weighted by Crippen LogP contribution is 1.79. The lowest BCUT2D eigenvalue weighted by molar-refractivity contribution is 1.72. The average molecular weight is 171 g/mol. The zero-order valence-corrected chi connectivity index (χ0v) is 9.20. The molecule has 0 N–H and O–H groups in total. The van der Waals surface area contributed by atoms with Gasteiger partial charge in [-0.1, -0.05) is 63.7 Å². The topological polar surface area (TPSA) is 0 Å². The molecule has 3 radical (unpaired) electrons. The van der Waals surface area contributed by atoms with Gasteiger partial charge in [-0.25, -0.2) is 0 Å². The maximum atomic E-state index is 5.11. The van der Waals surface area contributed by atoms with Crippen LogP contribution >= 0.6 is 0 Å². The van der Waals surface area contributed by atoms with Crippen LogP contribution in [0.15, 0.2) is 36.4 Å². The minimum absolute atomic E-state index is 0.333. The summed E-state index contributed by atoms with van der Waals surface area (Å²) in [6.45, 7) is 8.22. The molecule has 0 unspecified atom stereocenters. The zero-order valence-electron chi connectivity index (χ0n) is 9.20. The summed E-state index contributed by atoms with van der Waals surface area (Å²) in [5, 5.41) is 0. The van der Waals surface area contributed by atoms with Crippen LogP contribution in [0, 0.1) is 0 Å². The van der Waals surface area contributed by atoms with Crippen molar-refractivity contribution in [3.05, 3.63) is 36.4 Å². The summed E-state index contributed by atoms with van der Waals surface area (Å²) >= 11 is 0. The molecule has 0 nitrogen and oxygen atoms in total. The Morgan fingerprint density at radius 2 is 0.923 bits per heavy atom. The number of benzene rings is 1. The highest BCUT2D eigenvalue weighted by atomic mass is 13.6. The molecule has 0 heterocycles. The molecule has 0 spiro atoms. The largest absolute Gasteiger partial charge is 0.102 e. The zero-order chi connectivity index (χ0) is 10.5. The van der Waals surface area contributed by atoms with Gasteiger partial charge in [0.1, 0.15) is 7.28 Å². The van der Waals surface area contributed by atoms with Gasteiger partial charge >= 0.3 is 0 Å². The van der Waals surface area contributed by atoms with E-state index in [9.17, 15) is 0 Å². The van der Waals surface area contributed by atoms with Crippen molar-refractivity contribution in [1.29, 1.82) is 0 Å². The predicted molar refractivity (Wildman–Crippen MR) is 67.2 cm³/mol. The minimum atomic E-state index is 0.333. The Morgan fingerprint density at radius 3 is 1.00 bits per heavy atom. The first kappa shape index (κ1) is 14.9. The van der Waals surface area contributed by atoms with Crippen molar-refractivity contribution < 1.29 is 0 Å².